The normalized spacial score (nSPS) is 16.0. The fourth-order valence-electron chi connectivity index (χ4n) is 2.59. The maximum Gasteiger partial charge on any atom is 0.308 e. The molecule has 1 aliphatic rings. The van der Waals surface area contributed by atoms with E-state index in [1.54, 1.807) is 36.4 Å². The van der Waals surface area contributed by atoms with Crippen LogP contribution in [0.3, 0.4) is 0 Å². The molecule has 7 heteroatoms. The average molecular weight is 360 g/mol. The molecule has 1 amide bonds. The molecule has 1 fully saturated rings. The minimum atomic E-state index is -0.954. The minimum Gasteiger partial charge on any atom is -0.489 e. The van der Waals surface area contributed by atoms with Crippen LogP contribution in [0.25, 0.3) is 0 Å². The Labute approximate surface area is 151 Å². The highest BCUT2D eigenvalue weighted by Crippen LogP contribution is 2.27. The number of aliphatic carboxylic acids is 1. The highest BCUT2D eigenvalue weighted by atomic mass is 19.1. The fraction of sp³-hybridized carbons (Fsp3) is 0.263. The van der Waals surface area contributed by atoms with Gasteiger partial charge in [0.2, 0.25) is 5.91 Å². The summed E-state index contributed by atoms with van der Waals surface area (Å²) in [5, 5.41) is 9.01. The Hall–Kier alpha value is -2.93. The number of carbonyl (C=O) groups excluding carboxylic acids is 1. The lowest BCUT2D eigenvalue weighted by molar-refractivity contribution is -0.141. The van der Waals surface area contributed by atoms with Crippen LogP contribution in [0.2, 0.25) is 0 Å². The van der Waals surface area contributed by atoms with Crippen molar-refractivity contribution in [1.82, 2.24) is 0 Å². The molecule has 1 atom stereocenters. The van der Waals surface area contributed by atoms with Gasteiger partial charge in [-0.05, 0) is 49.0 Å². The lowest BCUT2D eigenvalue weighted by Crippen LogP contribution is -2.25. The molecule has 3 rings (SSSR count). The number of carbonyl (C=O) groups is 2. The van der Waals surface area contributed by atoms with Crippen molar-refractivity contribution in [2.45, 2.75) is 13.0 Å². The molecule has 138 valence electrons. The van der Waals surface area contributed by atoms with E-state index in [1.807, 2.05) is 0 Å². The number of anilines is 1. The SMILES string of the molecule is CN.O=C(O)C1CC(=O)N(c2ccc(OCc3ccc(F)cc3)cc2)C1. The van der Waals surface area contributed by atoms with Crippen molar-refractivity contribution in [3.8, 4) is 5.75 Å². The molecule has 3 N–H and O–H groups in total. The van der Waals surface area contributed by atoms with E-state index in [9.17, 15) is 14.0 Å². The number of rotatable bonds is 5. The smallest absolute Gasteiger partial charge is 0.308 e. The van der Waals surface area contributed by atoms with Gasteiger partial charge in [0, 0.05) is 18.7 Å². The minimum absolute atomic E-state index is 0.0259. The first-order valence-electron chi connectivity index (χ1n) is 8.11. The molecule has 6 nitrogen and oxygen atoms in total. The van der Waals surface area contributed by atoms with E-state index in [0.717, 1.165) is 5.56 Å². The second kappa shape index (κ2) is 8.96. The second-order valence-electron chi connectivity index (χ2n) is 5.65. The molecule has 0 saturated carbocycles. The topological polar surface area (TPSA) is 92.9 Å². The van der Waals surface area contributed by atoms with Gasteiger partial charge in [-0.15, -0.1) is 0 Å². The molecule has 1 unspecified atom stereocenters. The molecule has 0 radical (unpaired) electrons. The van der Waals surface area contributed by atoms with E-state index >= 15 is 0 Å². The predicted molar refractivity (Wildman–Crippen MR) is 95.4 cm³/mol. The van der Waals surface area contributed by atoms with Crippen molar-refractivity contribution < 1.29 is 23.8 Å². The number of hydrogen-bond donors (Lipinski definition) is 2. The Balaban J connectivity index is 0.00000117. The molecule has 1 heterocycles. The Kier molecular flexibility index (Phi) is 6.68. The standard InChI is InChI=1S/C18H16FNO4.CH5N/c19-14-3-1-12(2-4-14)11-24-16-7-5-15(6-8-16)20-10-13(18(22)23)9-17(20)21;1-2/h1-8,13H,9-11H2,(H,22,23);2H2,1H3. The lowest BCUT2D eigenvalue weighted by Gasteiger charge is -2.16. The van der Waals surface area contributed by atoms with Gasteiger partial charge in [-0.1, -0.05) is 12.1 Å². The van der Waals surface area contributed by atoms with Gasteiger partial charge in [-0.2, -0.15) is 0 Å². The number of carboxylic acid groups (broad SMARTS) is 1. The van der Waals surface area contributed by atoms with E-state index in [4.69, 9.17) is 9.84 Å². The molecule has 0 spiro atoms. The zero-order chi connectivity index (χ0) is 19.1. The third kappa shape index (κ3) is 4.80. The molecular weight excluding hydrogens is 339 g/mol. The van der Waals surface area contributed by atoms with Crippen LogP contribution in [-0.2, 0) is 16.2 Å². The summed E-state index contributed by atoms with van der Waals surface area (Å²) in [4.78, 5) is 24.4. The third-order valence-electron chi connectivity index (χ3n) is 3.94. The van der Waals surface area contributed by atoms with Gasteiger partial charge in [-0.3, -0.25) is 9.59 Å². The molecule has 2 aromatic rings. The van der Waals surface area contributed by atoms with Gasteiger partial charge >= 0.3 is 5.97 Å². The second-order valence-corrected chi connectivity index (χ2v) is 5.65. The number of benzene rings is 2. The monoisotopic (exact) mass is 360 g/mol. The van der Waals surface area contributed by atoms with Crippen LogP contribution in [0.1, 0.15) is 12.0 Å². The van der Waals surface area contributed by atoms with Gasteiger partial charge < -0.3 is 20.5 Å². The molecule has 2 aromatic carbocycles. The van der Waals surface area contributed by atoms with Gasteiger partial charge in [0.1, 0.15) is 18.2 Å². The van der Waals surface area contributed by atoms with Gasteiger partial charge in [0.25, 0.3) is 0 Å². The van der Waals surface area contributed by atoms with Crippen molar-refractivity contribution in [3.63, 3.8) is 0 Å². The van der Waals surface area contributed by atoms with Crippen molar-refractivity contribution in [2.24, 2.45) is 11.7 Å². The summed E-state index contributed by atoms with van der Waals surface area (Å²) in [7, 11) is 1.50. The molecule has 0 aliphatic carbocycles. The van der Waals surface area contributed by atoms with Crippen LogP contribution in [0.4, 0.5) is 10.1 Å². The first-order valence-corrected chi connectivity index (χ1v) is 8.11. The summed E-state index contributed by atoms with van der Waals surface area (Å²) in [6.45, 7) is 0.493. The average Bonchev–Trinajstić information content (AvgIpc) is 3.05. The van der Waals surface area contributed by atoms with E-state index in [1.165, 1.54) is 24.1 Å². The highest BCUT2D eigenvalue weighted by Gasteiger charge is 2.34. The number of ether oxygens (including phenoxy) is 1. The zero-order valence-corrected chi connectivity index (χ0v) is 14.4. The van der Waals surface area contributed by atoms with E-state index in [-0.39, 0.29) is 24.7 Å². The van der Waals surface area contributed by atoms with Gasteiger partial charge in [0.15, 0.2) is 0 Å². The fourth-order valence-corrected chi connectivity index (χ4v) is 2.59. The van der Waals surface area contributed by atoms with E-state index in [2.05, 4.69) is 5.73 Å². The molecule has 0 aromatic heterocycles. The summed E-state index contributed by atoms with van der Waals surface area (Å²) >= 11 is 0. The summed E-state index contributed by atoms with van der Waals surface area (Å²) < 4.78 is 18.5. The Morgan fingerprint density at radius 2 is 1.81 bits per heavy atom. The van der Waals surface area contributed by atoms with Crippen LogP contribution in [0, 0.1) is 11.7 Å². The Morgan fingerprint density at radius 3 is 2.35 bits per heavy atom. The molecule has 26 heavy (non-hydrogen) atoms. The van der Waals surface area contributed by atoms with Crippen LogP contribution in [0.5, 0.6) is 5.75 Å². The van der Waals surface area contributed by atoms with Crippen molar-refractivity contribution in [3.05, 3.63) is 59.9 Å². The van der Waals surface area contributed by atoms with E-state index in [0.29, 0.717) is 18.0 Å². The first kappa shape index (κ1) is 19.4. The van der Waals surface area contributed by atoms with E-state index < -0.39 is 11.9 Å². The molecular formula is C19H21FN2O4. The van der Waals surface area contributed by atoms with Gasteiger partial charge in [0.05, 0.1) is 5.92 Å². The highest BCUT2D eigenvalue weighted by molar-refractivity contribution is 5.99. The van der Waals surface area contributed by atoms with Crippen molar-refractivity contribution in [2.75, 3.05) is 18.5 Å². The van der Waals surface area contributed by atoms with Crippen LogP contribution in [0.15, 0.2) is 48.5 Å². The third-order valence-corrected chi connectivity index (χ3v) is 3.94. The first-order chi connectivity index (χ1) is 12.5. The largest absolute Gasteiger partial charge is 0.489 e. The van der Waals surface area contributed by atoms with Gasteiger partial charge in [-0.25, -0.2) is 4.39 Å². The lowest BCUT2D eigenvalue weighted by atomic mass is 10.1. The summed E-state index contributed by atoms with van der Waals surface area (Å²) in [6, 6.07) is 12.9. The summed E-state index contributed by atoms with van der Waals surface area (Å²) in [5.74, 6) is -1.48. The maximum absolute atomic E-state index is 12.8. The maximum atomic E-state index is 12.8. The Morgan fingerprint density at radius 1 is 1.19 bits per heavy atom. The Bertz CT molecular complexity index is 747. The number of amides is 1. The van der Waals surface area contributed by atoms with Crippen LogP contribution in [-0.4, -0.2) is 30.6 Å². The van der Waals surface area contributed by atoms with Crippen molar-refractivity contribution in [1.29, 1.82) is 0 Å². The van der Waals surface area contributed by atoms with Crippen LogP contribution >= 0.6 is 0 Å². The quantitative estimate of drug-likeness (QED) is 0.854. The number of halogens is 1. The summed E-state index contributed by atoms with van der Waals surface area (Å²) in [6.07, 6.45) is 0.0259. The van der Waals surface area contributed by atoms with Crippen molar-refractivity contribution >= 4 is 17.6 Å². The molecule has 1 saturated heterocycles. The summed E-state index contributed by atoms with van der Waals surface area (Å²) in [5.41, 5.74) is 6.00. The number of hydrogen-bond acceptors (Lipinski definition) is 4. The number of nitrogens with two attached hydrogens (primary N) is 1. The predicted octanol–water partition coefficient (Wildman–Crippen LogP) is 2.42. The molecule has 0 bridgehead atoms. The number of nitrogens with zero attached hydrogens (tertiary/aromatic N) is 1. The molecule has 1 aliphatic heterocycles. The zero-order valence-electron chi connectivity index (χ0n) is 14.4. The van der Waals surface area contributed by atoms with Crippen LogP contribution < -0.4 is 15.4 Å². The number of carboxylic acids is 1.